The Kier molecular flexibility index (Phi) is 2.68. The van der Waals surface area contributed by atoms with Gasteiger partial charge in [-0.1, -0.05) is 12.1 Å². The summed E-state index contributed by atoms with van der Waals surface area (Å²) in [5.41, 5.74) is 15.1. The summed E-state index contributed by atoms with van der Waals surface area (Å²) in [6.07, 6.45) is 0.719. The Hall–Kier alpha value is -2.16. The Morgan fingerprint density at radius 2 is 1.62 bits per heavy atom. The average Bonchev–Trinajstić information content (AvgIpc) is 2.27. The Bertz CT molecular complexity index is 492. The summed E-state index contributed by atoms with van der Waals surface area (Å²) in [7, 11) is 0. The van der Waals surface area contributed by atoms with E-state index in [0.717, 1.165) is 23.2 Å². The Balaban J connectivity index is 2.26. The maximum absolute atomic E-state index is 9.18. The van der Waals surface area contributed by atoms with Crippen molar-refractivity contribution in [3.05, 3.63) is 53.6 Å². The fourth-order valence-corrected chi connectivity index (χ4v) is 1.61. The Morgan fingerprint density at radius 1 is 0.938 bits per heavy atom. The summed E-state index contributed by atoms with van der Waals surface area (Å²) in [6, 6.07) is 12.6. The number of nitrogen functional groups attached to an aromatic ring is 2. The number of rotatable bonds is 2. The highest BCUT2D eigenvalue weighted by atomic mass is 16.3. The molecule has 0 saturated heterocycles. The molecule has 0 fully saturated rings. The molecule has 0 aliphatic heterocycles. The van der Waals surface area contributed by atoms with E-state index >= 15 is 0 Å². The number of benzene rings is 2. The van der Waals surface area contributed by atoms with Crippen molar-refractivity contribution >= 4 is 11.4 Å². The van der Waals surface area contributed by atoms with Crippen LogP contribution in [0.25, 0.3) is 0 Å². The first-order valence-corrected chi connectivity index (χ1v) is 5.07. The van der Waals surface area contributed by atoms with Gasteiger partial charge in [0.15, 0.2) is 0 Å². The van der Waals surface area contributed by atoms with Crippen LogP contribution in [0.3, 0.4) is 0 Å². The fourth-order valence-electron chi connectivity index (χ4n) is 1.61. The van der Waals surface area contributed by atoms with Crippen LogP contribution in [0.5, 0.6) is 5.75 Å². The molecule has 5 N–H and O–H groups in total. The number of hydrogen-bond acceptors (Lipinski definition) is 3. The van der Waals surface area contributed by atoms with E-state index in [4.69, 9.17) is 11.5 Å². The third-order valence-corrected chi connectivity index (χ3v) is 2.50. The number of hydrogen-bond donors (Lipinski definition) is 3. The first kappa shape index (κ1) is 10.4. The van der Waals surface area contributed by atoms with Crippen LogP contribution >= 0.6 is 0 Å². The first-order valence-electron chi connectivity index (χ1n) is 5.07. The quantitative estimate of drug-likeness (QED) is 0.671. The minimum absolute atomic E-state index is 0.268. The molecule has 0 saturated carbocycles. The molecule has 3 nitrogen and oxygen atoms in total. The number of phenols is 1. The molecule has 2 aromatic carbocycles. The van der Waals surface area contributed by atoms with E-state index in [1.807, 2.05) is 24.3 Å². The summed E-state index contributed by atoms with van der Waals surface area (Å²) in [4.78, 5) is 0. The van der Waals surface area contributed by atoms with Crippen molar-refractivity contribution in [1.29, 1.82) is 0 Å². The van der Waals surface area contributed by atoms with Crippen molar-refractivity contribution in [2.45, 2.75) is 6.42 Å². The van der Waals surface area contributed by atoms with Crippen molar-refractivity contribution in [3.63, 3.8) is 0 Å². The molecule has 2 rings (SSSR count). The largest absolute Gasteiger partial charge is 0.508 e. The zero-order valence-electron chi connectivity index (χ0n) is 8.85. The van der Waals surface area contributed by atoms with Gasteiger partial charge in [0, 0.05) is 11.4 Å². The second kappa shape index (κ2) is 4.14. The summed E-state index contributed by atoms with van der Waals surface area (Å²) in [5.74, 6) is 0.268. The van der Waals surface area contributed by atoms with E-state index < -0.39 is 0 Å². The summed E-state index contributed by atoms with van der Waals surface area (Å²) in [5, 5.41) is 9.18. The second-order valence-corrected chi connectivity index (χ2v) is 3.80. The van der Waals surface area contributed by atoms with E-state index in [-0.39, 0.29) is 5.75 Å². The standard InChI is InChI=1S/C13H14N2O/c14-11-3-6-13(15)10(8-11)7-9-1-4-12(16)5-2-9/h1-6,8,16H,7,14-15H2. The van der Waals surface area contributed by atoms with Crippen molar-refractivity contribution in [2.75, 3.05) is 11.5 Å². The Morgan fingerprint density at radius 3 is 2.31 bits per heavy atom. The molecule has 0 spiro atoms. The zero-order chi connectivity index (χ0) is 11.5. The van der Waals surface area contributed by atoms with Crippen LogP contribution in [-0.4, -0.2) is 5.11 Å². The summed E-state index contributed by atoms with van der Waals surface area (Å²) >= 11 is 0. The highest BCUT2D eigenvalue weighted by molar-refractivity contribution is 5.56. The van der Waals surface area contributed by atoms with Crippen LogP contribution in [0.15, 0.2) is 42.5 Å². The summed E-state index contributed by atoms with van der Waals surface area (Å²) in [6.45, 7) is 0. The number of aromatic hydroxyl groups is 1. The molecule has 0 atom stereocenters. The van der Waals surface area contributed by atoms with Gasteiger partial charge in [0.25, 0.3) is 0 Å². The van der Waals surface area contributed by atoms with Crippen LogP contribution in [0, 0.1) is 0 Å². The maximum Gasteiger partial charge on any atom is 0.115 e. The normalized spacial score (nSPS) is 10.2. The highest BCUT2D eigenvalue weighted by Gasteiger charge is 2.01. The van der Waals surface area contributed by atoms with Crippen LogP contribution < -0.4 is 11.5 Å². The highest BCUT2D eigenvalue weighted by Crippen LogP contribution is 2.20. The molecule has 82 valence electrons. The van der Waals surface area contributed by atoms with E-state index in [9.17, 15) is 5.11 Å². The molecular weight excluding hydrogens is 200 g/mol. The van der Waals surface area contributed by atoms with Crippen LogP contribution in [0.2, 0.25) is 0 Å². The molecule has 2 aromatic rings. The van der Waals surface area contributed by atoms with Gasteiger partial charge in [-0.2, -0.15) is 0 Å². The average molecular weight is 214 g/mol. The lowest BCUT2D eigenvalue weighted by Crippen LogP contribution is -1.97. The van der Waals surface area contributed by atoms with E-state index in [1.54, 1.807) is 18.2 Å². The number of phenolic OH excluding ortho intramolecular Hbond substituents is 1. The molecule has 0 amide bonds. The van der Waals surface area contributed by atoms with Gasteiger partial charge in [-0.3, -0.25) is 0 Å². The topological polar surface area (TPSA) is 72.3 Å². The molecule has 0 aliphatic carbocycles. The Labute approximate surface area is 94.3 Å². The lowest BCUT2D eigenvalue weighted by atomic mass is 10.0. The van der Waals surface area contributed by atoms with Gasteiger partial charge in [0.2, 0.25) is 0 Å². The van der Waals surface area contributed by atoms with Gasteiger partial charge >= 0.3 is 0 Å². The molecule has 0 bridgehead atoms. The van der Waals surface area contributed by atoms with Gasteiger partial charge in [0.1, 0.15) is 5.75 Å². The van der Waals surface area contributed by atoms with Gasteiger partial charge in [-0.25, -0.2) is 0 Å². The van der Waals surface area contributed by atoms with E-state index in [0.29, 0.717) is 5.69 Å². The second-order valence-electron chi connectivity index (χ2n) is 3.80. The molecule has 16 heavy (non-hydrogen) atoms. The minimum Gasteiger partial charge on any atom is -0.508 e. The molecular formula is C13H14N2O. The molecule has 0 aliphatic rings. The molecule has 0 radical (unpaired) electrons. The molecule has 0 unspecified atom stereocenters. The van der Waals surface area contributed by atoms with Gasteiger partial charge in [-0.15, -0.1) is 0 Å². The molecule has 3 heteroatoms. The van der Waals surface area contributed by atoms with Crippen molar-refractivity contribution in [1.82, 2.24) is 0 Å². The smallest absolute Gasteiger partial charge is 0.115 e. The lowest BCUT2D eigenvalue weighted by Gasteiger charge is -2.07. The SMILES string of the molecule is Nc1ccc(N)c(Cc2ccc(O)cc2)c1. The third-order valence-electron chi connectivity index (χ3n) is 2.50. The van der Waals surface area contributed by atoms with E-state index in [2.05, 4.69) is 0 Å². The van der Waals surface area contributed by atoms with Crippen molar-refractivity contribution in [2.24, 2.45) is 0 Å². The monoisotopic (exact) mass is 214 g/mol. The predicted molar refractivity (Wildman–Crippen MR) is 66.2 cm³/mol. The van der Waals surface area contributed by atoms with Crippen LogP contribution in [-0.2, 0) is 6.42 Å². The molecule has 0 heterocycles. The predicted octanol–water partition coefficient (Wildman–Crippen LogP) is 2.15. The molecule has 0 aromatic heterocycles. The van der Waals surface area contributed by atoms with Crippen LogP contribution in [0.4, 0.5) is 11.4 Å². The minimum atomic E-state index is 0.268. The van der Waals surface area contributed by atoms with Gasteiger partial charge in [-0.05, 0) is 47.9 Å². The van der Waals surface area contributed by atoms with Gasteiger partial charge < -0.3 is 16.6 Å². The van der Waals surface area contributed by atoms with Gasteiger partial charge in [0.05, 0.1) is 0 Å². The van der Waals surface area contributed by atoms with Crippen molar-refractivity contribution in [3.8, 4) is 5.75 Å². The van der Waals surface area contributed by atoms with Crippen LogP contribution in [0.1, 0.15) is 11.1 Å². The maximum atomic E-state index is 9.18. The fraction of sp³-hybridized carbons (Fsp3) is 0.0769. The first-order chi connectivity index (χ1) is 7.65. The number of nitrogens with two attached hydrogens (primary N) is 2. The van der Waals surface area contributed by atoms with E-state index in [1.165, 1.54) is 0 Å². The summed E-state index contributed by atoms with van der Waals surface area (Å²) < 4.78 is 0. The third kappa shape index (κ3) is 2.25. The number of anilines is 2. The zero-order valence-corrected chi connectivity index (χ0v) is 8.85. The lowest BCUT2D eigenvalue weighted by molar-refractivity contribution is 0.475. The van der Waals surface area contributed by atoms with Crippen molar-refractivity contribution < 1.29 is 5.11 Å².